The van der Waals surface area contributed by atoms with E-state index in [1.54, 1.807) is 0 Å². The lowest BCUT2D eigenvalue weighted by Crippen LogP contribution is -2.37. The molecule has 0 fully saturated rings. The molecule has 2 N–H and O–H groups in total. The number of nitrogens with zero attached hydrogens (tertiary/aromatic N) is 1. The summed E-state index contributed by atoms with van der Waals surface area (Å²) in [4.78, 5) is 17.9. The lowest BCUT2D eigenvalue weighted by atomic mass is 9.99. The lowest BCUT2D eigenvalue weighted by Gasteiger charge is -2.26. The molecule has 0 aliphatic carbocycles. The molecule has 1 aliphatic heterocycles. The number of carbonyl (C=O) groups is 1. The Labute approximate surface area is 163 Å². The van der Waals surface area contributed by atoms with E-state index >= 15 is 0 Å². The number of aromatic amines is 1. The van der Waals surface area contributed by atoms with Crippen molar-refractivity contribution in [3.8, 4) is 0 Å². The SMILES string of the molecule is O=C(Nc1ccc2ccccc2c1)N1CC=C(c2c[nH]c3ccccc23)CC1. The molecule has 0 saturated heterocycles. The van der Waals surface area contributed by atoms with Crippen LogP contribution in [-0.4, -0.2) is 29.0 Å². The summed E-state index contributed by atoms with van der Waals surface area (Å²) in [5.41, 5.74) is 4.52. The first-order valence-electron chi connectivity index (χ1n) is 9.58. The van der Waals surface area contributed by atoms with Crippen LogP contribution in [0.3, 0.4) is 0 Å². The number of hydrogen-bond acceptors (Lipinski definition) is 1. The first kappa shape index (κ1) is 16.6. The summed E-state index contributed by atoms with van der Waals surface area (Å²) >= 11 is 0. The van der Waals surface area contributed by atoms with E-state index in [1.807, 2.05) is 41.3 Å². The Hall–Kier alpha value is -3.53. The van der Waals surface area contributed by atoms with Gasteiger partial charge in [0.05, 0.1) is 0 Å². The largest absolute Gasteiger partial charge is 0.361 e. The number of anilines is 1. The molecule has 0 radical (unpaired) electrons. The van der Waals surface area contributed by atoms with Gasteiger partial charge in [-0.15, -0.1) is 0 Å². The summed E-state index contributed by atoms with van der Waals surface area (Å²) in [5, 5.41) is 6.57. The third kappa shape index (κ3) is 3.03. The van der Waals surface area contributed by atoms with Gasteiger partial charge >= 0.3 is 6.03 Å². The van der Waals surface area contributed by atoms with Crippen molar-refractivity contribution in [1.82, 2.24) is 9.88 Å². The molecule has 0 bridgehead atoms. The van der Waals surface area contributed by atoms with Gasteiger partial charge in [0.25, 0.3) is 0 Å². The number of urea groups is 1. The van der Waals surface area contributed by atoms with E-state index in [0.717, 1.165) is 23.0 Å². The normalized spacial score (nSPS) is 14.3. The second kappa shape index (κ2) is 6.89. The zero-order chi connectivity index (χ0) is 18.9. The van der Waals surface area contributed by atoms with Crippen LogP contribution in [0, 0.1) is 0 Å². The minimum Gasteiger partial charge on any atom is -0.361 e. The van der Waals surface area contributed by atoms with E-state index in [1.165, 1.54) is 21.9 Å². The number of para-hydroxylation sites is 1. The van der Waals surface area contributed by atoms with Crippen molar-refractivity contribution in [1.29, 1.82) is 0 Å². The molecule has 4 nitrogen and oxygen atoms in total. The van der Waals surface area contributed by atoms with Crippen LogP contribution in [0.4, 0.5) is 10.5 Å². The minimum atomic E-state index is -0.0514. The summed E-state index contributed by atoms with van der Waals surface area (Å²) < 4.78 is 0. The van der Waals surface area contributed by atoms with Crippen molar-refractivity contribution in [3.63, 3.8) is 0 Å². The van der Waals surface area contributed by atoms with Crippen molar-refractivity contribution in [2.45, 2.75) is 6.42 Å². The van der Waals surface area contributed by atoms with E-state index < -0.39 is 0 Å². The van der Waals surface area contributed by atoms with Crippen LogP contribution >= 0.6 is 0 Å². The van der Waals surface area contributed by atoms with Crippen molar-refractivity contribution in [2.75, 3.05) is 18.4 Å². The van der Waals surface area contributed by atoms with E-state index in [9.17, 15) is 4.79 Å². The quantitative estimate of drug-likeness (QED) is 0.473. The molecule has 1 aromatic heterocycles. The monoisotopic (exact) mass is 367 g/mol. The zero-order valence-electron chi connectivity index (χ0n) is 15.5. The molecule has 2 heterocycles. The Balaban J connectivity index is 1.30. The molecule has 1 aliphatic rings. The van der Waals surface area contributed by atoms with Gasteiger partial charge in [-0.2, -0.15) is 0 Å². The fourth-order valence-corrected chi connectivity index (χ4v) is 3.91. The highest BCUT2D eigenvalue weighted by Gasteiger charge is 2.19. The molecule has 28 heavy (non-hydrogen) atoms. The molecular formula is C24H21N3O. The Morgan fingerprint density at radius 3 is 2.64 bits per heavy atom. The average Bonchev–Trinajstić information content (AvgIpc) is 3.18. The Morgan fingerprint density at radius 1 is 0.964 bits per heavy atom. The molecular weight excluding hydrogens is 346 g/mol. The fraction of sp³-hybridized carbons (Fsp3) is 0.125. The third-order valence-electron chi connectivity index (χ3n) is 5.43. The molecule has 5 rings (SSSR count). The molecule has 138 valence electrons. The van der Waals surface area contributed by atoms with Crippen molar-refractivity contribution in [3.05, 3.63) is 84.6 Å². The van der Waals surface area contributed by atoms with Crippen molar-refractivity contribution >= 4 is 39.0 Å². The number of carbonyl (C=O) groups excluding carboxylic acids is 1. The molecule has 0 unspecified atom stereocenters. The van der Waals surface area contributed by atoms with Gasteiger partial charge in [0, 0.05) is 41.4 Å². The maximum Gasteiger partial charge on any atom is 0.322 e. The Kier molecular flexibility index (Phi) is 4.09. The van der Waals surface area contributed by atoms with Crippen LogP contribution in [-0.2, 0) is 0 Å². The number of amides is 2. The van der Waals surface area contributed by atoms with Gasteiger partial charge in [-0.1, -0.05) is 54.6 Å². The number of nitrogens with one attached hydrogen (secondary N) is 2. The highest BCUT2D eigenvalue weighted by atomic mass is 16.2. The smallest absolute Gasteiger partial charge is 0.322 e. The van der Waals surface area contributed by atoms with Gasteiger partial charge in [-0.05, 0) is 41.0 Å². The second-order valence-corrected chi connectivity index (χ2v) is 7.17. The first-order chi connectivity index (χ1) is 13.8. The number of benzene rings is 3. The summed E-state index contributed by atoms with van der Waals surface area (Å²) in [6, 6.07) is 22.4. The van der Waals surface area contributed by atoms with E-state index in [4.69, 9.17) is 0 Å². The second-order valence-electron chi connectivity index (χ2n) is 7.17. The van der Waals surface area contributed by atoms with Crippen molar-refractivity contribution < 1.29 is 4.79 Å². The summed E-state index contributed by atoms with van der Waals surface area (Å²) in [7, 11) is 0. The predicted molar refractivity (Wildman–Crippen MR) is 115 cm³/mol. The number of aromatic nitrogens is 1. The summed E-state index contributed by atoms with van der Waals surface area (Å²) in [6.07, 6.45) is 5.09. The summed E-state index contributed by atoms with van der Waals surface area (Å²) in [6.45, 7) is 1.33. The maximum absolute atomic E-state index is 12.7. The topological polar surface area (TPSA) is 48.1 Å². The Bertz CT molecular complexity index is 1200. The molecule has 2 amide bonds. The minimum absolute atomic E-state index is 0.0514. The molecule has 4 aromatic rings. The number of H-pyrrole nitrogens is 1. The molecule has 0 saturated carbocycles. The first-order valence-corrected chi connectivity index (χ1v) is 9.58. The van der Waals surface area contributed by atoms with Gasteiger partial charge in [-0.3, -0.25) is 0 Å². The van der Waals surface area contributed by atoms with Gasteiger partial charge in [-0.25, -0.2) is 4.79 Å². The van der Waals surface area contributed by atoms with Crippen molar-refractivity contribution in [2.24, 2.45) is 0 Å². The summed E-state index contributed by atoms with van der Waals surface area (Å²) in [5.74, 6) is 0. The van der Waals surface area contributed by atoms with Crippen LogP contribution in [0.2, 0.25) is 0 Å². The molecule has 4 heteroatoms. The van der Waals surface area contributed by atoms with E-state index in [-0.39, 0.29) is 6.03 Å². The van der Waals surface area contributed by atoms with E-state index in [2.05, 4.69) is 52.9 Å². The van der Waals surface area contributed by atoms with Crippen LogP contribution in [0.5, 0.6) is 0 Å². The molecule has 0 spiro atoms. The number of fused-ring (bicyclic) bond motifs is 2. The standard InChI is InChI=1S/C24H21N3O/c28-24(26-20-10-9-17-5-1-2-6-19(17)15-20)27-13-11-18(12-14-27)22-16-25-23-8-4-3-7-21(22)23/h1-11,15-16,25H,12-14H2,(H,26,28). The van der Waals surface area contributed by atoms with Crippen LogP contribution < -0.4 is 5.32 Å². The fourth-order valence-electron chi connectivity index (χ4n) is 3.91. The Morgan fingerprint density at radius 2 is 1.79 bits per heavy atom. The highest BCUT2D eigenvalue weighted by Crippen LogP contribution is 2.29. The van der Waals surface area contributed by atoms with Gasteiger partial charge in [0.15, 0.2) is 0 Å². The highest BCUT2D eigenvalue weighted by molar-refractivity contribution is 5.95. The van der Waals surface area contributed by atoms with Crippen LogP contribution in [0.1, 0.15) is 12.0 Å². The predicted octanol–water partition coefficient (Wildman–Crippen LogP) is 5.64. The molecule has 3 aromatic carbocycles. The van der Waals surface area contributed by atoms with Crippen LogP contribution in [0.15, 0.2) is 79.0 Å². The van der Waals surface area contributed by atoms with Gasteiger partial charge in [0.1, 0.15) is 0 Å². The maximum atomic E-state index is 12.7. The zero-order valence-corrected chi connectivity index (χ0v) is 15.5. The lowest BCUT2D eigenvalue weighted by molar-refractivity contribution is 0.217. The van der Waals surface area contributed by atoms with Gasteiger partial charge < -0.3 is 15.2 Å². The number of rotatable bonds is 2. The van der Waals surface area contributed by atoms with Crippen LogP contribution in [0.25, 0.3) is 27.2 Å². The van der Waals surface area contributed by atoms with E-state index in [0.29, 0.717) is 13.1 Å². The number of hydrogen-bond donors (Lipinski definition) is 2. The van der Waals surface area contributed by atoms with Gasteiger partial charge in [0.2, 0.25) is 0 Å². The molecule has 0 atom stereocenters. The average molecular weight is 367 g/mol. The third-order valence-corrected chi connectivity index (χ3v) is 5.43.